The van der Waals surface area contributed by atoms with Crippen LogP contribution in [-0.2, 0) is 12.8 Å². The minimum Gasteiger partial charge on any atom is -0.351 e. The molecule has 1 heterocycles. The molecule has 0 unspecified atom stereocenters. The Morgan fingerprint density at radius 2 is 1.72 bits per heavy atom. The zero-order chi connectivity index (χ0) is 12.4. The van der Waals surface area contributed by atoms with Gasteiger partial charge in [-0.05, 0) is 24.0 Å². The summed E-state index contributed by atoms with van der Waals surface area (Å²) < 4.78 is 0. The number of aromatic nitrogens is 2. The summed E-state index contributed by atoms with van der Waals surface area (Å²) in [6, 6.07) is 8.82. The number of hydrogen-bond donors (Lipinski definition) is 1. The molecule has 1 aliphatic rings. The molecule has 0 bridgehead atoms. The van der Waals surface area contributed by atoms with Crippen LogP contribution in [0.4, 0.5) is 11.6 Å². The van der Waals surface area contributed by atoms with Crippen molar-refractivity contribution in [2.45, 2.75) is 18.9 Å². The van der Waals surface area contributed by atoms with Gasteiger partial charge in [0.15, 0.2) is 0 Å². The van der Waals surface area contributed by atoms with Crippen LogP contribution in [-0.4, -0.2) is 16.0 Å². The Bertz CT molecular complexity index is 573. The lowest BCUT2D eigenvalue weighted by Crippen LogP contribution is -2.20. The second-order valence-electron chi connectivity index (χ2n) is 4.39. The van der Waals surface area contributed by atoms with Gasteiger partial charge in [-0.1, -0.05) is 24.3 Å². The first kappa shape index (κ1) is 10.7. The molecule has 1 aliphatic carbocycles. The van der Waals surface area contributed by atoms with Gasteiger partial charge in [0.05, 0.1) is 6.57 Å². The zero-order valence-corrected chi connectivity index (χ0v) is 9.80. The third kappa shape index (κ3) is 2.03. The molecule has 0 saturated heterocycles. The minimum atomic E-state index is 0.348. The second-order valence-corrected chi connectivity index (χ2v) is 4.39. The molecule has 4 heteroatoms. The van der Waals surface area contributed by atoms with Crippen molar-refractivity contribution < 1.29 is 0 Å². The van der Waals surface area contributed by atoms with Crippen LogP contribution in [0.15, 0.2) is 36.7 Å². The third-order valence-corrected chi connectivity index (χ3v) is 3.15. The normalized spacial score (nSPS) is 13.9. The molecule has 18 heavy (non-hydrogen) atoms. The topological polar surface area (TPSA) is 42.2 Å². The van der Waals surface area contributed by atoms with Gasteiger partial charge in [0, 0.05) is 18.4 Å². The molecule has 4 nitrogen and oxygen atoms in total. The highest BCUT2D eigenvalue weighted by Crippen LogP contribution is 2.23. The minimum absolute atomic E-state index is 0.348. The Balaban J connectivity index is 1.70. The molecule has 0 amide bonds. The average molecular weight is 236 g/mol. The standard InChI is InChI=1S/C14H12N4/c1-15-13-8-16-14(17-9-13)18-12-6-10-4-2-3-5-11(10)7-12/h2-5,8-9,12H,6-7H2,(H,16,17,18). The molecular weight excluding hydrogens is 224 g/mol. The summed E-state index contributed by atoms with van der Waals surface area (Å²) in [5, 5.41) is 3.31. The summed E-state index contributed by atoms with van der Waals surface area (Å²) >= 11 is 0. The number of fused-ring (bicyclic) bond motifs is 1. The van der Waals surface area contributed by atoms with Crippen molar-refractivity contribution in [1.29, 1.82) is 0 Å². The predicted octanol–water partition coefficient (Wildman–Crippen LogP) is 2.61. The van der Waals surface area contributed by atoms with Gasteiger partial charge in [-0.3, -0.25) is 0 Å². The Labute approximate surface area is 106 Å². The Morgan fingerprint density at radius 1 is 1.11 bits per heavy atom. The maximum Gasteiger partial charge on any atom is 0.223 e. The number of nitrogens with zero attached hydrogens (tertiary/aromatic N) is 3. The van der Waals surface area contributed by atoms with E-state index >= 15 is 0 Å². The van der Waals surface area contributed by atoms with E-state index in [0.29, 0.717) is 17.7 Å². The molecule has 0 aliphatic heterocycles. The van der Waals surface area contributed by atoms with Crippen LogP contribution >= 0.6 is 0 Å². The van der Waals surface area contributed by atoms with Crippen LogP contribution < -0.4 is 5.32 Å². The van der Waals surface area contributed by atoms with Crippen molar-refractivity contribution in [3.05, 3.63) is 59.2 Å². The van der Waals surface area contributed by atoms with Crippen LogP contribution in [0.3, 0.4) is 0 Å². The van der Waals surface area contributed by atoms with E-state index in [-0.39, 0.29) is 0 Å². The maximum atomic E-state index is 6.85. The molecule has 2 aromatic rings. The fourth-order valence-electron chi connectivity index (χ4n) is 2.30. The Morgan fingerprint density at radius 3 is 2.28 bits per heavy atom. The lowest BCUT2D eigenvalue weighted by molar-refractivity contribution is 0.762. The van der Waals surface area contributed by atoms with E-state index in [9.17, 15) is 0 Å². The van der Waals surface area contributed by atoms with Gasteiger partial charge < -0.3 is 5.32 Å². The van der Waals surface area contributed by atoms with E-state index in [4.69, 9.17) is 6.57 Å². The lowest BCUT2D eigenvalue weighted by atomic mass is 10.1. The summed E-state index contributed by atoms with van der Waals surface area (Å²) in [5.74, 6) is 0.597. The number of benzene rings is 1. The van der Waals surface area contributed by atoms with E-state index in [0.717, 1.165) is 12.8 Å². The van der Waals surface area contributed by atoms with Gasteiger partial charge in [0.25, 0.3) is 0 Å². The summed E-state index contributed by atoms with van der Waals surface area (Å²) in [6.45, 7) is 6.85. The Hall–Kier alpha value is -2.41. The van der Waals surface area contributed by atoms with Crippen molar-refractivity contribution in [3.63, 3.8) is 0 Å². The maximum absolute atomic E-state index is 6.85. The molecule has 88 valence electrons. The van der Waals surface area contributed by atoms with E-state index in [1.165, 1.54) is 11.1 Å². The van der Waals surface area contributed by atoms with Gasteiger partial charge in [0.2, 0.25) is 11.6 Å². The fraction of sp³-hybridized carbons (Fsp3) is 0.214. The van der Waals surface area contributed by atoms with Crippen LogP contribution in [0.25, 0.3) is 4.85 Å². The monoisotopic (exact) mass is 236 g/mol. The highest BCUT2D eigenvalue weighted by molar-refractivity contribution is 5.43. The summed E-state index contributed by atoms with van der Waals surface area (Å²) in [6.07, 6.45) is 5.10. The third-order valence-electron chi connectivity index (χ3n) is 3.15. The highest BCUT2D eigenvalue weighted by Gasteiger charge is 2.21. The summed E-state index contributed by atoms with van der Waals surface area (Å²) in [5.41, 5.74) is 3.26. The SMILES string of the molecule is [C-]#[N+]c1cnc(NC2Cc3ccccc3C2)nc1. The largest absolute Gasteiger partial charge is 0.351 e. The fourth-order valence-corrected chi connectivity index (χ4v) is 2.30. The first-order chi connectivity index (χ1) is 8.85. The van der Waals surface area contributed by atoms with Gasteiger partial charge in [-0.25, -0.2) is 14.8 Å². The van der Waals surface area contributed by atoms with Crippen molar-refractivity contribution in [2.75, 3.05) is 5.32 Å². The van der Waals surface area contributed by atoms with E-state index in [1.54, 1.807) is 12.4 Å². The van der Waals surface area contributed by atoms with Crippen molar-refractivity contribution >= 4 is 11.6 Å². The van der Waals surface area contributed by atoms with E-state index in [2.05, 4.69) is 44.4 Å². The molecule has 0 spiro atoms. The summed E-state index contributed by atoms with van der Waals surface area (Å²) in [7, 11) is 0. The molecule has 1 aromatic heterocycles. The predicted molar refractivity (Wildman–Crippen MR) is 69.6 cm³/mol. The average Bonchev–Trinajstić information content (AvgIpc) is 2.82. The van der Waals surface area contributed by atoms with E-state index < -0.39 is 0 Å². The molecule has 0 radical (unpaired) electrons. The van der Waals surface area contributed by atoms with Crippen LogP contribution in [0.5, 0.6) is 0 Å². The van der Waals surface area contributed by atoms with Gasteiger partial charge in [-0.15, -0.1) is 0 Å². The molecule has 1 aromatic carbocycles. The molecule has 0 saturated carbocycles. The zero-order valence-electron chi connectivity index (χ0n) is 9.80. The summed E-state index contributed by atoms with van der Waals surface area (Å²) in [4.78, 5) is 11.6. The smallest absolute Gasteiger partial charge is 0.223 e. The molecular formula is C14H12N4. The lowest BCUT2D eigenvalue weighted by Gasteiger charge is -2.11. The van der Waals surface area contributed by atoms with E-state index in [1.807, 2.05) is 0 Å². The molecule has 0 fully saturated rings. The number of rotatable bonds is 2. The van der Waals surface area contributed by atoms with Gasteiger partial charge in [0.1, 0.15) is 0 Å². The van der Waals surface area contributed by atoms with Crippen molar-refractivity contribution in [2.24, 2.45) is 0 Å². The quantitative estimate of drug-likeness (QED) is 0.815. The first-order valence-electron chi connectivity index (χ1n) is 5.88. The second kappa shape index (κ2) is 4.46. The van der Waals surface area contributed by atoms with Crippen LogP contribution in [0.1, 0.15) is 11.1 Å². The highest BCUT2D eigenvalue weighted by atomic mass is 15.1. The number of anilines is 1. The Kier molecular flexibility index (Phi) is 2.66. The van der Waals surface area contributed by atoms with Crippen LogP contribution in [0.2, 0.25) is 0 Å². The van der Waals surface area contributed by atoms with Crippen molar-refractivity contribution in [1.82, 2.24) is 9.97 Å². The van der Waals surface area contributed by atoms with Crippen LogP contribution in [0, 0.1) is 6.57 Å². The molecule has 0 atom stereocenters. The number of nitrogens with one attached hydrogen (secondary N) is 1. The van der Waals surface area contributed by atoms with Gasteiger partial charge >= 0.3 is 0 Å². The van der Waals surface area contributed by atoms with Gasteiger partial charge in [-0.2, -0.15) is 0 Å². The first-order valence-corrected chi connectivity index (χ1v) is 5.88. The molecule has 3 rings (SSSR count). The van der Waals surface area contributed by atoms with Crippen molar-refractivity contribution in [3.8, 4) is 0 Å². The number of hydrogen-bond acceptors (Lipinski definition) is 3. The molecule has 1 N–H and O–H groups in total.